The molecule has 15 heavy (non-hydrogen) atoms. The van der Waals surface area contributed by atoms with E-state index >= 15 is 0 Å². The third kappa shape index (κ3) is 6.59. The van der Waals surface area contributed by atoms with Crippen LogP contribution in [0, 0.1) is 0 Å². The average Bonchev–Trinajstić information content (AvgIpc) is 2.16. The predicted octanol–water partition coefficient (Wildman–Crippen LogP) is 0.168. The van der Waals surface area contributed by atoms with Crippen molar-refractivity contribution in [2.45, 2.75) is 18.9 Å². The third-order valence-electron chi connectivity index (χ3n) is 1.88. The van der Waals surface area contributed by atoms with Crippen LogP contribution in [0.2, 0.25) is 0 Å². The van der Waals surface area contributed by atoms with Crippen molar-refractivity contribution >= 4 is 18.3 Å². The lowest BCUT2D eigenvalue weighted by atomic mass is 10.2. The van der Waals surface area contributed by atoms with E-state index in [1.165, 1.54) is 0 Å². The van der Waals surface area contributed by atoms with Gasteiger partial charge in [-0.2, -0.15) is 0 Å². The molecule has 1 heterocycles. The second kappa shape index (κ2) is 7.78. The van der Waals surface area contributed by atoms with Crippen LogP contribution in [-0.2, 0) is 9.53 Å². The van der Waals surface area contributed by atoms with Crippen LogP contribution in [0.4, 0.5) is 8.78 Å². The lowest BCUT2D eigenvalue weighted by Gasteiger charge is -2.23. The number of carbonyl (C=O) groups is 1. The molecule has 0 aromatic rings. The van der Waals surface area contributed by atoms with Crippen LogP contribution >= 0.6 is 12.4 Å². The molecular weight excluding hydrogens is 230 g/mol. The maximum Gasteiger partial charge on any atom is 0.255 e. The lowest BCUT2D eigenvalue weighted by Crippen LogP contribution is -2.44. The molecule has 90 valence electrons. The van der Waals surface area contributed by atoms with Gasteiger partial charge in [-0.1, -0.05) is 0 Å². The van der Waals surface area contributed by atoms with Crippen LogP contribution in [0.5, 0.6) is 0 Å². The summed E-state index contributed by atoms with van der Waals surface area (Å²) < 4.78 is 28.6. The number of alkyl halides is 2. The molecule has 4 nitrogen and oxygen atoms in total. The summed E-state index contributed by atoms with van der Waals surface area (Å²) >= 11 is 0. The number of hydrogen-bond donors (Lipinski definition) is 2. The van der Waals surface area contributed by atoms with E-state index in [4.69, 9.17) is 4.74 Å². The quantitative estimate of drug-likeness (QED) is 0.741. The van der Waals surface area contributed by atoms with Crippen molar-refractivity contribution in [2.75, 3.05) is 26.3 Å². The molecule has 2 N–H and O–H groups in total. The molecule has 0 bridgehead atoms. The standard InChI is InChI=1S/C8H14F2N2O2.ClH/c9-7(10)4-12-8(13)3-6-5-14-2-1-11-6;/h6-7,11H,1-5H2,(H,12,13);1H. The zero-order chi connectivity index (χ0) is 10.4. The molecular formula is C8H15ClF2N2O2. The average molecular weight is 245 g/mol. The maximum absolute atomic E-state index is 11.7. The molecule has 0 saturated carbocycles. The molecule has 7 heteroatoms. The highest BCUT2D eigenvalue weighted by Crippen LogP contribution is 1.98. The molecule has 1 rings (SSSR count). The fourth-order valence-electron chi connectivity index (χ4n) is 1.24. The molecule has 1 aliphatic rings. The highest BCUT2D eigenvalue weighted by Gasteiger charge is 2.17. The van der Waals surface area contributed by atoms with Gasteiger partial charge < -0.3 is 15.4 Å². The minimum atomic E-state index is -2.49. The third-order valence-corrected chi connectivity index (χ3v) is 1.88. The van der Waals surface area contributed by atoms with Crippen molar-refractivity contribution in [3.05, 3.63) is 0 Å². The highest BCUT2D eigenvalue weighted by atomic mass is 35.5. The minimum Gasteiger partial charge on any atom is -0.378 e. The molecule has 1 atom stereocenters. The SMILES string of the molecule is Cl.O=C(CC1COCCN1)NCC(F)F. The Morgan fingerprint density at radius 1 is 1.60 bits per heavy atom. The Bertz CT molecular complexity index is 189. The van der Waals surface area contributed by atoms with Crippen LogP contribution in [0.25, 0.3) is 0 Å². The van der Waals surface area contributed by atoms with Gasteiger partial charge in [0.25, 0.3) is 6.43 Å². The Morgan fingerprint density at radius 3 is 2.87 bits per heavy atom. The van der Waals surface area contributed by atoms with Crippen molar-refractivity contribution in [1.29, 1.82) is 0 Å². The number of rotatable bonds is 4. The van der Waals surface area contributed by atoms with Gasteiger partial charge in [0.15, 0.2) is 0 Å². The van der Waals surface area contributed by atoms with Gasteiger partial charge >= 0.3 is 0 Å². The summed E-state index contributed by atoms with van der Waals surface area (Å²) in [7, 11) is 0. The first-order valence-electron chi connectivity index (χ1n) is 4.54. The summed E-state index contributed by atoms with van der Waals surface area (Å²) in [5, 5.41) is 5.21. The molecule has 1 unspecified atom stereocenters. The normalized spacial score (nSPS) is 20.9. The van der Waals surface area contributed by atoms with Gasteiger partial charge in [-0.25, -0.2) is 8.78 Å². The van der Waals surface area contributed by atoms with Crippen LogP contribution in [-0.4, -0.2) is 44.7 Å². The molecule has 1 amide bonds. The van der Waals surface area contributed by atoms with Crippen molar-refractivity contribution < 1.29 is 18.3 Å². The molecule has 0 aliphatic carbocycles. The number of carbonyl (C=O) groups excluding carboxylic acids is 1. The monoisotopic (exact) mass is 244 g/mol. The van der Waals surface area contributed by atoms with Crippen molar-refractivity contribution in [2.24, 2.45) is 0 Å². The van der Waals surface area contributed by atoms with E-state index in [0.717, 1.165) is 0 Å². The van der Waals surface area contributed by atoms with Gasteiger partial charge in [0.1, 0.15) is 0 Å². The van der Waals surface area contributed by atoms with Crippen LogP contribution in [0.15, 0.2) is 0 Å². The Labute approximate surface area is 93.1 Å². The molecule has 0 aromatic heterocycles. The van der Waals surface area contributed by atoms with Crippen LogP contribution < -0.4 is 10.6 Å². The van der Waals surface area contributed by atoms with Crippen LogP contribution in [0.1, 0.15) is 6.42 Å². The summed E-state index contributed by atoms with van der Waals surface area (Å²) in [6.45, 7) is 1.22. The first-order chi connectivity index (χ1) is 6.68. The van der Waals surface area contributed by atoms with Gasteiger partial charge in [-0.05, 0) is 0 Å². The summed E-state index contributed by atoms with van der Waals surface area (Å²) in [5.74, 6) is -0.367. The summed E-state index contributed by atoms with van der Waals surface area (Å²) in [6, 6.07) is -0.0542. The van der Waals surface area contributed by atoms with E-state index in [0.29, 0.717) is 19.8 Å². The number of morpholine rings is 1. The maximum atomic E-state index is 11.7. The van der Waals surface area contributed by atoms with E-state index in [2.05, 4.69) is 10.6 Å². The Kier molecular flexibility index (Phi) is 7.54. The molecule has 1 aliphatic heterocycles. The molecule has 0 aromatic carbocycles. The Balaban J connectivity index is 0.00000196. The summed E-state index contributed by atoms with van der Waals surface area (Å²) in [5.41, 5.74) is 0. The Morgan fingerprint density at radius 2 is 2.33 bits per heavy atom. The summed E-state index contributed by atoms with van der Waals surface area (Å²) in [4.78, 5) is 11.1. The van der Waals surface area contributed by atoms with Gasteiger partial charge in [0.05, 0.1) is 19.8 Å². The number of hydrogen-bond acceptors (Lipinski definition) is 3. The first kappa shape index (κ1) is 14.5. The van der Waals surface area contributed by atoms with Crippen molar-refractivity contribution in [3.63, 3.8) is 0 Å². The zero-order valence-electron chi connectivity index (χ0n) is 8.17. The molecule has 0 radical (unpaired) electrons. The molecule has 0 spiro atoms. The predicted molar refractivity (Wildman–Crippen MR) is 53.5 cm³/mol. The second-order valence-electron chi connectivity index (χ2n) is 3.13. The van der Waals surface area contributed by atoms with Crippen molar-refractivity contribution in [1.82, 2.24) is 10.6 Å². The van der Waals surface area contributed by atoms with Gasteiger partial charge in [0, 0.05) is 19.0 Å². The van der Waals surface area contributed by atoms with E-state index in [9.17, 15) is 13.6 Å². The number of halogens is 3. The van der Waals surface area contributed by atoms with Gasteiger partial charge in [-0.15, -0.1) is 12.4 Å². The van der Waals surface area contributed by atoms with Crippen molar-refractivity contribution in [3.8, 4) is 0 Å². The van der Waals surface area contributed by atoms with E-state index < -0.39 is 13.0 Å². The topological polar surface area (TPSA) is 50.4 Å². The fraction of sp³-hybridized carbons (Fsp3) is 0.875. The molecule has 1 fully saturated rings. The van der Waals surface area contributed by atoms with Gasteiger partial charge in [-0.3, -0.25) is 4.79 Å². The van der Waals surface area contributed by atoms with E-state index in [1.54, 1.807) is 0 Å². The number of nitrogens with one attached hydrogen (secondary N) is 2. The number of amides is 1. The van der Waals surface area contributed by atoms with E-state index in [-0.39, 0.29) is 30.8 Å². The summed E-state index contributed by atoms with van der Waals surface area (Å²) in [6.07, 6.45) is -2.30. The second-order valence-corrected chi connectivity index (χ2v) is 3.13. The largest absolute Gasteiger partial charge is 0.378 e. The molecule has 1 saturated heterocycles. The van der Waals surface area contributed by atoms with Crippen LogP contribution in [0.3, 0.4) is 0 Å². The zero-order valence-corrected chi connectivity index (χ0v) is 8.99. The minimum absolute atomic E-state index is 0. The van der Waals surface area contributed by atoms with E-state index in [1.807, 2.05) is 0 Å². The number of ether oxygens (including phenoxy) is 1. The Hall–Kier alpha value is -0.460. The first-order valence-corrected chi connectivity index (χ1v) is 4.54. The fourth-order valence-corrected chi connectivity index (χ4v) is 1.24. The smallest absolute Gasteiger partial charge is 0.255 e. The van der Waals surface area contributed by atoms with Gasteiger partial charge in [0.2, 0.25) is 5.91 Å². The lowest BCUT2D eigenvalue weighted by molar-refractivity contribution is -0.122. The highest BCUT2D eigenvalue weighted by molar-refractivity contribution is 5.85.